The molecule has 0 N–H and O–H groups in total. The third kappa shape index (κ3) is 3.15. The highest BCUT2D eigenvalue weighted by Crippen LogP contribution is 2.25. The van der Waals surface area contributed by atoms with Gasteiger partial charge in [0.05, 0.1) is 5.69 Å². The maximum Gasteiger partial charge on any atom is 0.0596 e. The molecule has 0 aliphatic carbocycles. The lowest BCUT2D eigenvalue weighted by Crippen LogP contribution is -2.08. The van der Waals surface area contributed by atoms with Crippen LogP contribution in [-0.4, -0.2) is 15.1 Å². The summed E-state index contributed by atoms with van der Waals surface area (Å²) in [6, 6.07) is 10.2. The summed E-state index contributed by atoms with van der Waals surface area (Å²) < 4.78 is 1.95. The van der Waals surface area contributed by atoms with E-state index >= 15 is 0 Å². The van der Waals surface area contributed by atoms with Crippen molar-refractivity contribution >= 4 is 27.5 Å². The highest BCUT2D eigenvalue weighted by atomic mass is 79.9. The Kier molecular flexibility index (Phi) is 4.46. The summed E-state index contributed by atoms with van der Waals surface area (Å²) in [5.41, 5.74) is 3.57. The van der Waals surface area contributed by atoms with Crippen molar-refractivity contribution in [2.24, 2.45) is 7.05 Å². The smallest absolute Gasteiger partial charge is 0.0596 e. The van der Waals surface area contributed by atoms with Crippen molar-refractivity contribution in [2.75, 3.05) is 5.33 Å². The molecule has 1 aromatic carbocycles. The molecule has 0 saturated carbocycles. The van der Waals surface area contributed by atoms with E-state index in [0.717, 1.165) is 22.5 Å². The Morgan fingerprint density at radius 2 is 2.17 bits per heavy atom. The molecule has 96 valence electrons. The largest absolute Gasteiger partial charge is 0.272 e. The average Bonchev–Trinajstić information content (AvgIpc) is 2.64. The molecule has 18 heavy (non-hydrogen) atoms. The second-order valence-corrected chi connectivity index (χ2v) is 5.59. The first kappa shape index (κ1) is 13.6. The van der Waals surface area contributed by atoms with Gasteiger partial charge in [-0.2, -0.15) is 5.10 Å². The lowest BCUT2D eigenvalue weighted by atomic mass is 9.96. The van der Waals surface area contributed by atoms with Crippen molar-refractivity contribution < 1.29 is 0 Å². The third-order valence-corrected chi connectivity index (χ3v) is 4.08. The van der Waals surface area contributed by atoms with Crippen LogP contribution in [0.3, 0.4) is 0 Å². The monoisotopic (exact) mass is 326 g/mol. The first-order chi connectivity index (χ1) is 8.60. The molecule has 0 aliphatic heterocycles. The van der Waals surface area contributed by atoms with E-state index in [1.807, 2.05) is 36.9 Å². The fourth-order valence-electron chi connectivity index (χ4n) is 2.13. The van der Waals surface area contributed by atoms with Gasteiger partial charge in [-0.3, -0.25) is 4.68 Å². The maximum atomic E-state index is 6.05. The first-order valence-corrected chi connectivity index (χ1v) is 7.41. The zero-order valence-corrected chi connectivity index (χ0v) is 12.9. The predicted molar refractivity (Wildman–Crippen MR) is 79.6 cm³/mol. The SMILES string of the molecule is Cc1cc(CC(CBr)c2cccc(Cl)c2)n(C)n1. The van der Waals surface area contributed by atoms with E-state index in [1.165, 1.54) is 11.3 Å². The number of halogens is 2. The van der Waals surface area contributed by atoms with Gasteiger partial charge in [-0.15, -0.1) is 0 Å². The number of hydrogen-bond donors (Lipinski definition) is 0. The number of nitrogens with zero attached hydrogens (tertiary/aromatic N) is 2. The lowest BCUT2D eigenvalue weighted by molar-refractivity contribution is 0.660. The van der Waals surface area contributed by atoms with Crippen LogP contribution in [0.2, 0.25) is 5.02 Å². The van der Waals surface area contributed by atoms with Crippen LogP contribution < -0.4 is 0 Å². The van der Waals surface area contributed by atoms with Gasteiger partial charge in [-0.05, 0) is 43.0 Å². The van der Waals surface area contributed by atoms with E-state index in [-0.39, 0.29) is 0 Å². The molecule has 0 bridgehead atoms. The molecule has 0 saturated heterocycles. The van der Waals surface area contributed by atoms with Crippen LogP contribution in [0.15, 0.2) is 30.3 Å². The fraction of sp³-hybridized carbons (Fsp3) is 0.357. The minimum absolute atomic E-state index is 0.415. The van der Waals surface area contributed by atoms with Crippen LogP contribution in [0.1, 0.15) is 22.9 Å². The molecule has 0 fully saturated rings. The van der Waals surface area contributed by atoms with Crippen LogP contribution in [0.25, 0.3) is 0 Å². The summed E-state index contributed by atoms with van der Waals surface area (Å²) in [4.78, 5) is 0. The number of hydrogen-bond acceptors (Lipinski definition) is 1. The molecular formula is C14H16BrClN2. The summed E-state index contributed by atoms with van der Waals surface area (Å²) in [5, 5.41) is 6.09. The van der Waals surface area contributed by atoms with Crippen molar-refractivity contribution in [2.45, 2.75) is 19.3 Å². The molecule has 0 amide bonds. The Labute approximate surface area is 121 Å². The Morgan fingerprint density at radius 3 is 2.72 bits per heavy atom. The van der Waals surface area contributed by atoms with Crippen molar-refractivity contribution in [3.8, 4) is 0 Å². The van der Waals surface area contributed by atoms with Gasteiger partial charge in [0.25, 0.3) is 0 Å². The number of aryl methyl sites for hydroxylation is 2. The molecule has 0 spiro atoms. The van der Waals surface area contributed by atoms with E-state index in [2.05, 4.69) is 33.2 Å². The number of rotatable bonds is 4. The van der Waals surface area contributed by atoms with Gasteiger partial charge in [0, 0.05) is 23.1 Å². The van der Waals surface area contributed by atoms with E-state index in [9.17, 15) is 0 Å². The molecule has 0 aliphatic rings. The van der Waals surface area contributed by atoms with Crippen molar-refractivity contribution in [3.63, 3.8) is 0 Å². The molecule has 4 heteroatoms. The minimum Gasteiger partial charge on any atom is -0.272 e. The highest BCUT2D eigenvalue weighted by molar-refractivity contribution is 9.09. The van der Waals surface area contributed by atoms with Gasteiger partial charge in [0.1, 0.15) is 0 Å². The molecule has 1 heterocycles. The molecule has 2 rings (SSSR count). The number of benzene rings is 1. The van der Waals surface area contributed by atoms with Crippen LogP contribution in [0, 0.1) is 6.92 Å². The second kappa shape index (κ2) is 5.89. The fourth-order valence-corrected chi connectivity index (χ4v) is 2.93. The zero-order valence-electron chi connectivity index (χ0n) is 10.5. The summed E-state index contributed by atoms with van der Waals surface area (Å²) in [5.74, 6) is 0.415. The van der Waals surface area contributed by atoms with E-state index in [1.54, 1.807) is 0 Å². The molecule has 2 nitrogen and oxygen atoms in total. The van der Waals surface area contributed by atoms with E-state index in [0.29, 0.717) is 5.92 Å². The highest BCUT2D eigenvalue weighted by Gasteiger charge is 2.14. The molecule has 1 aromatic heterocycles. The molecule has 1 atom stereocenters. The Bertz CT molecular complexity index is 536. The van der Waals surface area contributed by atoms with Gasteiger partial charge in [-0.1, -0.05) is 39.7 Å². The normalized spacial score (nSPS) is 12.7. The van der Waals surface area contributed by atoms with Gasteiger partial charge in [0.2, 0.25) is 0 Å². The van der Waals surface area contributed by atoms with Gasteiger partial charge < -0.3 is 0 Å². The number of alkyl halides is 1. The molecule has 1 unspecified atom stereocenters. The lowest BCUT2D eigenvalue weighted by Gasteiger charge is -2.14. The Hall–Kier alpha value is -0.800. The summed E-state index contributed by atoms with van der Waals surface area (Å²) in [6.07, 6.45) is 0.961. The maximum absolute atomic E-state index is 6.05. The first-order valence-electron chi connectivity index (χ1n) is 5.91. The summed E-state index contributed by atoms with van der Waals surface area (Å²) in [7, 11) is 1.99. The van der Waals surface area contributed by atoms with Crippen molar-refractivity contribution in [1.82, 2.24) is 9.78 Å². The zero-order chi connectivity index (χ0) is 13.1. The topological polar surface area (TPSA) is 17.8 Å². The Morgan fingerprint density at radius 1 is 1.39 bits per heavy atom. The van der Waals surface area contributed by atoms with Gasteiger partial charge in [0.15, 0.2) is 0 Å². The standard InChI is InChI=1S/C14H16BrClN2/c1-10-6-14(18(2)17-10)8-12(9-15)11-4-3-5-13(16)7-11/h3-7,12H,8-9H2,1-2H3. The molecule has 2 aromatic rings. The third-order valence-electron chi connectivity index (χ3n) is 3.06. The number of aromatic nitrogens is 2. The Balaban J connectivity index is 2.22. The summed E-state index contributed by atoms with van der Waals surface area (Å²) in [6.45, 7) is 2.02. The van der Waals surface area contributed by atoms with Crippen LogP contribution in [-0.2, 0) is 13.5 Å². The summed E-state index contributed by atoms with van der Waals surface area (Å²) >= 11 is 9.64. The molecular weight excluding hydrogens is 312 g/mol. The van der Waals surface area contributed by atoms with Crippen molar-refractivity contribution in [3.05, 3.63) is 52.3 Å². The van der Waals surface area contributed by atoms with Crippen LogP contribution >= 0.6 is 27.5 Å². The van der Waals surface area contributed by atoms with E-state index in [4.69, 9.17) is 11.6 Å². The quantitative estimate of drug-likeness (QED) is 0.773. The average molecular weight is 328 g/mol. The van der Waals surface area contributed by atoms with Crippen molar-refractivity contribution in [1.29, 1.82) is 0 Å². The van der Waals surface area contributed by atoms with Crippen LogP contribution in [0.5, 0.6) is 0 Å². The molecule has 0 radical (unpaired) electrons. The van der Waals surface area contributed by atoms with Gasteiger partial charge in [-0.25, -0.2) is 0 Å². The minimum atomic E-state index is 0.415. The second-order valence-electron chi connectivity index (χ2n) is 4.51. The van der Waals surface area contributed by atoms with Crippen LogP contribution in [0.4, 0.5) is 0 Å². The predicted octanol–water partition coefficient (Wildman–Crippen LogP) is 4.10. The van der Waals surface area contributed by atoms with E-state index < -0.39 is 0 Å². The van der Waals surface area contributed by atoms with Gasteiger partial charge >= 0.3 is 0 Å².